The minimum atomic E-state index is 0.827. The van der Waals surface area contributed by atoms with Gasteiger partial charge in [-0.3, -0.25) is 0 Å². The number of benzene rings is 2. The summed E-state index contributed by atoms with van der Waals surface area (Å²) in [7, 11) is 0. The van der Waals surface area contributed by atoms with Gasteiger partial charge in [0.15, 0.2) is 0 Å². The van der Waals surface area contributed by atoms with Crippen molar-refractivity contribution in [2.45, 2.75) is 13.3 Å². The molecule has 3 nitrogen and oxygen atoms in total. The van der Waals surface area contributed by atoms with Crippen LogP contribution in [0.5, 0.6) is 0 Å². The molecule has 0 unspecified atom stereocenters. The fourth-order valence-electron chi connectivity index (χ4n) is 1.97. The second kappa shape index (κ2) is 5.84. The van der Waals surface area contributed by atoms with Crippen LogP contribution in [-0.4, -0.2) is 10.2 Å². The molecule has 4 heteroatoms. The Balaban J connectivity index is 1.73. The largest absolute Gasteiger partial charge is 0.330 e. The Morgan fingerprint density at radius 1 is 0.950 bits per heavy atom. The van der Waals surface area contributed by atoms with E-state index in [1.54, 1.807) is 11.3 Å². The normalized spacial score (nSPS) is 10.4. The van der Waals surface area contributed by atoms with Gasteiger partial charge in [-0.05, 0) is 24.1 Å². The van der Waals surface area contributed by atoms with Gasteiger partial charge in [-0.1, -0.05) is 59.9 Å². The van der Waals surface area contributed by atoms with Crippen LogP contribution in [0.4, 0.5) is 10.8 Å². The average molecular weight is 281 g/mol. The van der Waals surface area contributed by atoms with Crippen LogP contribution in [0.3, 0.4) is 0 Å². The number of hydrogen-bond donors (Lipinski definition) is 1. The molecule has 0 aliphatic carbocycles. The van der Waals surface area contributed by atoms with Gasteiger partial charge in [-0.25, -0.2) is 0 Å². The van der Waals surface area contributed by atoms with E-state index >= 15 is 0 Å². The summed E-state index contributed by atoms with van der Waals surface area (Å²) in [6, 6.07) is 18.5. The Morgan fingerprint density at radius 2 is 1.70 bits per heavy atom. The monoisotopic (exact) mass is 281 g/mol. The topological polar surface area (TPSA) is 37.8 Å². The van der Waals surface area contributed by atoms with Crippen molar-refractivity contribution < 1.29 is 0 Å². The Labute approximate surface area is 122 Å². The second-order valence-electron chi connectivity index (χ2n) is 4.60. The molecule has 0 aliphatic rings. The van der Waals surface area contributed by atoms with E-state index < -0.39 is 0 Å². The minimum Gasteiger partial charge on any atom is -0.330 e. The fourth-order valence-corrected chi connectivity index (χ4v) is 2.76. The molecule has 100 valence electrons. The van der Waals surface area contributed by atoms with Crippen LogP contribution in [0.15, 0.2) is 54.6 Å². The Bertz CT molecular complexity index is 692. The molecule has 3 rings (SSSR count). The van der Waals surface area contributed by atoms with E-state index in [-0.39, 0.29) is 0 Å². The molecule has 20 heavy (non-hydrogen) atoms. The van der Waals surface area contributed by atoms with E-state index in [2.05, 4.69) is 40.6 Å². The molecule has 2 aromatic carbocycles. The molecule has 1 N–H and O–H groups in total. The third kappa shape index (κ3) is 3.03. The van der Waals surface area contributed by atoms with Crippen molar-refractivity contribution in [3.8, 4) is 0 Å². The maximum absolute atomic E-state index is 4.24. The van der Waals surface area contributed by atoms with Crippen LogP contribution >= 0.6 is 11.3 Å². The maximum atomic E-state index is 4.24. The van der Waals surface area contributed by atoms with E-state index in [0.29, 0.717) is 0 Å². The molecule has 0 bridgehead atoms. The van der Waals surface area contributed by atoms with E-state index in [0.717, 1.165) is 22.2 Å². The summed E-state index contributed by atoms with van der Waals surface area (Å²) in [6.45, 7) is 2.08. The highest BCUT2D eigenvalue weighted by atomic mass is 32.1. The van der Waals surface area contributed by atoms with E-state index in [1.807, 2.05) is 36.4 Å². The van der Waals surface area contributed by atoms with Crippen molar-refractivity contribution in [1.29, 1.82) is 0 Å². The van der Waals surface area contributed by atoms with Crippen molar-refractivity contribution in [3.05, 3.63) is 70.7 Å². The standard InChI is InChI=1S/C16H15N3S/c1-12-7-5-6-10-14(12)17-16-19-18-15(20-16)11-13-8-3-2-4-9-13/h2-10H,11H2,1H3,(H,17,19). The summed E-state index contributed by atoms with van der Waals surface area (Å²) < 4.78 is 0. The number of rotatable bonds is 4. The zero-order valence-electron chi connectivity index (χ0n) is 11.2. The maximum Gasteiger partial charge on any atom is 0.210 e. The van der Waals surface area contributed by atoms with Crippen LogP contribution in [0, 0.1) is 6.92 Å². The number of aryl methyl sites for hydroxylation is 1. The van der Waals surface area contributed by atoms with E-state index in [4.69, 9.17) is 0 Å². The lowest BCUT2D eigenvalue weighted by molar-refractivity contribution is 1.01. The first-order chi connectivity index (χ1) is 9.81. The van der Waals surface area contributed by atoms with Crippen LogP contribution in [-0.2, 0) is 6.42 Å². The first-order valence-corrected chi connectivity index (χ1v) is 7.32. The first-order valence-electron chi connectivity index (χ1n) is 6.50. The predicted octanol–water partition coefficient (Wildman–Crippen LogP) is 4.18. The molecule has 0 saturated heterocycles. The van der Waals surface area contributed by atoms with Crippen molar-refractivity contribution in [2.75, 3.05) is 5.32 Å². The first kappa shape index (κ1) is 12.8. The zero-order chi connectivity index (χ0) is 13.8. The van der Waals surface area contributed by atoms with Crippen LogP contribution in [0.2, 0.25) is 0 Å². The molecule has 1 aromatic heterocycles. The van der Waals surface area contributed by atoms with Crippen LogP contribution in [0.25, 0.3) is 0 Å². The highest BCUT2D eigenvalue weighted by Crippen LogP contribution is 2.24. The van der Waals surface area contributed by atoms with E-state index in [9.17, 15) is 0 Å². The van der Waals surface area contributed by atoms with Gasteiger partial charge < -0.3 is 5.32 Å². The van der Waals surface area contributed by atoms with Gasteiger partial charge >= 0.3 is 0 Å². The summed E-state index contributed by atoms with van der Waals surface area (Å²) >= 11 is 1.60. The number of nitrogens with zero attached hydrogens (tertiary/aromatic N) is 2. The molecule has 1 heterocycles. The Kier molecular flexibility index (Phi) is 3.74. The second-order valence-corrected chi connectivity index (χ2v) is 5.67. The molecule has 3 aromatic rings. The molecular weight excluding hydrogens is 266 g/mol. The average Bonchev–Trinajstić information content (AvgIpc) is 2.90. The molecule has 0 saturated carbocycles. The number of hydrogen-bond acceptors (Lipinski definition) is 4. The predicted molar refractivity (Wildman–Crippen MR) is 83.6 cm³/mol. The van der Waals surface area contributed by atoms with Gasteiger partial charge in [-0.15, -0.1) is 10.2 Å². The summed E-state index contributed by atoms with van der Waals surface area (Å²) in [4.78, 5) is 0. The van der Waals surface area contributed by atoms with Crippen molar-refractivity contribution in [1.82, 2.24) is 10.2 Å². The van der Waals surface area contributed by atoms with Crippen molar-refractivity contribution >= 4 is 22.2 Å². The highest BCUT2D eigenvalue weighted by Gasteiger charge is 2.06. The van der Waals surface area contributed by atoms with Gasteiger partial charge in [0, 0.05) is 12.1 Å². The lowest BCUT2D eigenvalue weighted by atomic mass is 10.2. The molecule has 0 amide bonds. The van der Waals surface area contributed by atoms with Crippen LogP contribution < -0.4 is 5.32 Å². The minimum absolute atomic E-state index is 0.827. The molecular formula is C16H15N3S. The third-order valence-corrected chi connectivity index (χ3v) is 3.89. The summed E-state index contributed by atoms with van der Waals surface area (Å²) in [5, 5.41) is 13.6. The number of aromatic nitrogens is 2. The lowest BCUT2D eigenvalue weighted by Crippen LogP contribution is -1.91. The molecule has 0 aliphatic heterocycles. The SMILES string of the molecule is Cc1ccccc1Nc1nnc(Cc2ccccc2)s1. The summed E-state index contributed by atoms with van der Waals surface area (Å²) in [5.74, 6) is 0. The zero-order valence-corrected chi connectivity index (χ0v) is 12.0. The van der Waals surface area contributed by atoms with Gasteiger partial charge in [-0.2, -0.15) is 0 Å². The fraction of sp³-hybridized carbons (Fsp3) is 0.125. The van der Waals surface area contributed by atoms with Crippen LogP contribution in [0.1, 0.15) is 16.1 Å². The van der Waals surface area contributed by atoms with E-state index in [1.165, 1.54) is 11.1 Å². The van der Waals surface area contributed by atoms with Crippen molar-refractivity contribution in [2.24, 2.45) is 0 Å². The van der Waals surface area contributed by atoms with Gasteiger partial charge in [0.25, 0.3) is 0 Å². The number of para-hydroxylation sites is 1. The van der Waals surface area contributed by atoms with Crippen molar-refractivity contribution in [3.63, 3.8) is 0 Å². The third-order valence-electron chi connectivity index (χ3n) is 3.05. The molecule has 0 spiro atoms. The van der Waals surface area contributed by atoms with Gasteiger partial charge in [0.1, 0.15) is 5.01 Å². The smallest absolute Gasteiger partial charge is 0.210 e. The quantitative estimate of drug-likeness (QED) is 0.779. The Morgan fingerprint density at radius 3 is 2.50 bits per heavy atom. The summed E-state index contributed by atoms with van der Waals surface area (Å²) in [6.07, 6.45) is 0.827. The van der Waals surface area contributed by atoms with Gasteiger partial charge in [0.05, 0.1) is 0 Å². The highest BCUT2D eigenvalue weighted by molar-refractivity contribution is 7.15. The lowest BCUT2D eigenvalue weighted by Gasteiger charge is -2.04. The van der Waals surface area contributed by atoms with Gasteiger partial charge in [0.2, 0.25) is 5.13 Å². The summed E-state index contributed by atoms with van der Waals surface area (Å²) in [5.41, 5.74) is 3.54. The number of anilines is 2. The Hall–Kier alpha value is -2.20. The molecule has 0 atom stereocenters. The number of nitrogens with one attached hydrogen (secondary N) is 1. The molecule has 0 fully saturated rings. The molecule has 0 radical (unpaired) electrons.